The van der Waals surface area contributed by atoms with Crippen LogP contribution in [0.2, 0.25) is 0 Å². The Morgan fingerprint density at radius 3 is 2.33 bits per heavy atom. The molecule has 4 nitrogen and oxygen atoms in total. The maximum Gasteiger partial charge on any atom is 0.303 e. The molecule has 7 heteroatoms. The highest BCUT2D eigenvalue weighted by Crippen LogP contribution is 2.21. The average molecular weight is 216 g/mol. The highest BCUT2D eigenvalue weighted by Gasteiger charge is 2.34. The van der Waals surface area contributed by atoms with Gasteiger partial charge in [0.25, 0.3) is 0 Å². The topological polar surface area (TPSA) is 68.3 Å². The van der Waals surface area contributed by atoms with Crippen LogP contribution in [0.3, 0.4) is 0 Å². The lowest BCUT2D eigenvalue weighted by atomic mass is 10.3. The van der Waals surface area contributed by atoms with E-state index in [0.29, 0.717) is 6.42 Å². The molecule has 1 atom stereocenters. The van der Waals surface area contributed by atoms with Crippen LogP contribution in [0.1, 0.15) is 12.8 Å². The highest BCUT2D eigenvalue weighted by molar-refractivity contribution is 7.94. The summed E-state index contributed by atoms with van der Waals surface area (Å²) >= 11 is 0. The lowest BCUT2D eigenvalue weighted by Gasteiger charge is -2.03. The minimum Gasteiger partial charge on any atom is -0.229 e. The first kappa shape index (κ1) is 9.91. The summed E-state index contributed by atoms with van der Waals surface area (Å²) in [7, 11) is -8.00. The van der Waals surface area contributed by atoms with E-state index in [2.05, 4.69) is 0 Å². The van der Waals surface area contributed by atoms with E-state index in [9.17, 15) is 20.7 Å². The van der Waals surface area contributed by atoms with Crippen LogP contribution >= 0.6 is 0 Å². The minimum absolute atomic E-state index is 0.0206. The molecule has 0 radical (unpaired) electrons. The van der Waals surface area contributed by atoms with Gasteiger partial charge in [0, 0.05) is 0 Å². The van der Waals surface area contributed by atoms with E-state index in [1.54, 1.807) is 0 Å². The first-order valence-corrected chi connectivity index (χ1v) is 6.72. The normalized spacial score (nSPS) is 28.9. The van der Waals surface area contributed by atoms with E-state index < -0.39 is 31.1 Å². The van der Waals surface area contributed by atoms with Gasteiger partial charge in [-0.2, -0.15) is 8.42 Å². The van der Waals surface area contributed by atoms with Gasteiger partial charge >= 0.3 is 10.2 Å². The van der Waals surface area contributed by atoms with Crippen LogP contribution in [-0.2, 0) is 20.1 Å². The van der Waals surface area contributed by atoms with Gasteiger partial charge in [-0.25, -0.2) is 8.42 Å². The Hall–Kier alpha value is -0.170. The van der Waals surface area contributed by atoms with Crippen molar-refractivity contribution in [1.29, 1.82) is 0 Å². The van der Waals surface area contributed by atoms with Crippen LogP contribution < -0.4 is 0 Å². The Labute approximate surface area is 70.9 Å². The zero-order valence-corrected chi connectivity index (χ0v) is 7.87. The predicted octanol–water partition coefficient (Wildman–Crippen LogP) is -0.137. The fourth-order valence-corrected chi connectivity index (χ4v) is 4.62. The molecule has 1 saturated heterocycles. The molecule has 72 valence electrons. The first-order chi connectivity index (χ1) is 5.31. The number of halogens is 1. The van der Waals surface area contributed by atoms with Gasteiger partial charge in [-0.05, 0) is 12.8 Å². The first-order valence-electron chi connectivity index (χ1n) is 3.45. The van der Waals surface area contributed by atoms with E-state index in [4.69, 9.17) is 0 Å². The smallest absolute Gasteiger partial charge is 0.229 e. The monoisotopic (exact) mass is 216 g/mol. The molecule has 0 N–H and O–H groups in total. The standard InChI is InChI=1S/C5H9FO4S2/c6-12(9,10)4-5-2-1-3-11(5,7)8/h5H,1-4H2. The molecule has 0 saturated carbocycles. The second-order valence-electron chi connectivity index (χ2n) is 2.84. The summed E-state index contributed by atoms with van der Waals surface area (Å²) in [5, 5.41) is -1.02. The van der Waals surface area contributed by atoms with Crippen LogP contribution in [-0.4, -0.2) is 33.6 Å². The van der Waals surface area contributed by atoms with Crippen LogP contribution in [0.25, 0.3) is 0 Å². The lowest BCUT2D eigenvalue weighted by molar-refractivity contribution is 0.545. The van der Waals surface area contributed by atoms with Crippen molar-refractivity contribution < 1.29 is 20.7 Å². The number of hydrogen-bond acceptors (Lipinski definition) is 4. The van der Waals surface area contributed by atoms with E-state index >= 15 is 0 Å². The van der Waals surface area contributed by atoms with Crippen molar-refractivity contribution in [3.05, 3.63) is 0 Å². The highest BCUT2D eigenvalue weighted by atomic mass is 32.3. The van der Waals surface area contributed by atoms with E-state index in [1.165, 1.54) is 0 Å². The summed E-state index contributed by atoms with van der Waals surface area (Å²) < 4.78 is 54.4. The lowest BCUT2D eigenvalue weighted by Crippen LogP contribution is -2.23. The van der Waals surface area contributed by atoms with Gasteiger partial charge in [0.05, 0.1) is 16.8 Å². The van der Waals surface area contributed by atoms with Gasteiger partial charge in [-0.15, -0.1) is 3.89 Å². The summed E-state index contributed by atoms with van der Waals surface area (Å²) in [6.45, 7) is 0. The van der Waals surface area contributed by atoms with Crippen molar-refractivity contribution >= 4 is 20.1 Å². The Morgan fingerprint density at radius 1 is 1.42 bits per heavy atom. The maximum absolute atomic E-state index is 12.1. The Morgan fingerprint density at radius 2 is 2.00 bits per heavy atom. The average Bonchev–Trinajstić information content (AvgIpc) is 2.07. The van der Waals surface area contributed by atoms with Crippen molar-refractivity contribution in [2.45, 2.75) is 18.1 Å². The van der Waals surface area contributed by atoms with Crippen LogP contribution in [0, 0.1) is 0 Å². The molecule has 1 heterocycles. The third-order valence-corrected chi connectivity index (χ3v) is 5.14. The van der Waals surface area contributed by atoms with Gasteiger partial charge in [-0.3, -0.25) is 0 Å². The zero-order valence-electron chi connectivity index (χ0n) is 6.23. The third-order valence-electron chi connectivity index (χ3n) is 1.85. The molecule has 0 aliphatic carbocycles. The summed E-state index contributed by atoms with van der Waals surface area (Å²) in [4.78, 5) is 0. The molecule has 1 aliphatic rings. The molecule has 0 aromatic rings. The van der Waals surface area contributed by atoms with E-state index in [-0.39, 0.29) is 12.2 Å². The third kappa shape index (κ3) is 2.41. The summed E-state index contributed by atoms with van der Waals surface area (Å²) in [6.07, 6.45) is 0.688. The molecule has 0 bridgehead atoms. The molecule has 0 amide bonds. The fraction of sp³-hybridized carbons (Fsp3) is 1.00. The van der Waals surface area contributed by atoms with Crippen LogP contribution in [0.5, 0.6) is 0 Å². The second-order valence-corrected chi connectivity index (χ2v) is 6.65. The summed E-state index contributed by atoms with van der Waals surface area (Å²) in [5.41, 5.74) is 0. The van der Waals surface area contributed by atoms with Crippen LogP contribution in [0.15, 0.2) is 0 Å². The summed E-state index contributed by atoms with van der Waals surface area (Å²) in [5.74, 6) is -0.900. The molecule has 1 aliphatic heterocycles. The van der Waals surface area contributed by atoms with Gasteiger partial charge in [0.2, 0.25) is 0 Å². The van der Waals surface area contributed by atoms with Crippen LogP contribution in [0.4, 0.5) is 3.89 Å². The molecular weight excluding hydrogens is 207 g/mol. The van der Waals surface area contributed by atoms with Crippen molar-refractivity contribution in [2.75, 3.05) is 11.5 Å². The van der Waals surface area contributed by atoms with Gasteiger partial charge in [0.15, 0.2) is 9.84 Å². The molecular formula is C5H9FO4S2. The largest absolute Gasteiger partial charge is 0.303 e. The van der Waals surface area contributed by atoms with Crippen molar-refractivity contribution in [3.63, 3.8) is 0 Å². The number of sulfone groups is 1. The Balaban J connectivity index is 2.79. The van der Waals surface area contributed by atoms with Gasteiger partial charge in [0.1, 0.15) is 0 Å². The predicted molar refractivity (Wildman–Crippen MR) is 41.7 cm³/mol. The Kier molecular flexibility index (Phi) is 2.44. The Bertz CT molecular complexity index is 355. The summed E-state index contributed by atoms with van der Waals surface area (Å²) in [6, 6.07) is 0. The second kappa shape index (κ2) is 2.95. The zero-order chi connectivity index (χ0) is 9.41. The number of hydrogen-bond donors (Lipinski definition) is 0. The fourth-order valence-electron chi connectivity index (χ4n) is 1.27. The van der Waals surface area contributed by atoms with E-state index in [1.807, 2.05) is 0 Å². The van der Waals surface area contributed by atoms with Gasteiger partial charge < -0.3 is 0 Å². The van der Waals surface area contributed by atoms with Crippen molar-refractivity contribution in [2.24, 2.45) is 0 Å². The molecule has 1 unspecified atom stereocenters. The molecule has 0 aromatic heterocycles. The molecule has 0 spiro atoms. The molecule has 1 fully saturated rings. The quantitative estimate of drug-likeness (QED) is 0.603. The SMILES string of the molecule is O=S(=O)(F)CC1CCCS1(=O)=O. The van der Waals surface area contributed by atoms with Gasteiger partial charge in [-0.1, -0.05) is 0 Å². The van der Waals surface area contributed by atoms with Crippen molar-refractivity contribution in [1.82, 2.24) is 0 Å². The maximum atomic E-state index is 12.1. The number of rotatable bonds is 2. The van der Waals surface area contributed by atoms with E-state index in [0.717, 1.165) is 0 Å². The molecule has 12 heavy (non-hydrogen) atoms. The molecule has 0 aromatic carbocycles. The van der Waals surface area contributed by atoms with Crippen molar-refractivity contribution in [3.8, 4) is 0 Å². The molecule has 1 rings (SSSR count). The minimum atomic E-state index is -4.66.